The van der Waals surface area contributed by atoms with Crippen LogP contribution in [0.5, 0.6) is 5.75 Å². The van der Waals surface area contributed by atoms with E-state index in [1.54, 1.807) is 25.3 Å². The summed E-state index contributed by atoms with van der Waals surface area (Å²) in [5.74, 6) is 1.34. The van der Waals surface area contributed by atoms with Gasteiger partial charge in [0, 0.05) is 37.9 Å². The van der Waals surface area contributed by atoms with E-state index in [1.165, 1.54) is 12.3 Å². The molecule has 33 heavy (non-hydrogen) atoms. The lowest BCUT2D eigenvalue weighted by molar-refractivity contribution is 0.312. The highest BCUT2D eigenvalue weighted by Crippen LogP contribution is 2.36. The van der Waals surface area contributed by atoms with E-state index in [0.717, 1.165) is 31.9 Å². The van der Waals surface area contributed by atoms with E-state index < -0.39 is 10.0 Å². The number of hydrogen-bond donors (Lipinski definition) is 3. The molecule has 10 nitrogen and oxygen atoms in total. The number of piperazine rings is 1. The van der Waals surface area contributed by atoms with Crippen molar-refractivity contribution in [1.29, 1.82) is 0 Å². The van der Waals surface area contributed by atoms with Gasteiger partial charge in [0.2, 0.25) is 5.95 Å². The molecule has 0 saturated carbocycles. The molecule has 5 rings (SSSR count). The van der Waals surface area contributed by atoms with Crippen molar-refractivity contribution in [3.05, 3.63) is 48.7 Å². The first-order chi connectivity index (χ1) is 15.9. The molecule has 2 aliphatic rings. The SMILES string of the molecule is COc1cc(N2CCN(C)CC2)ccc1Nc1ncc2c(n1)Nc1ccccc1S(=O)(=O)N2. The first kappa shape index (κ1) is 21.3. The molecule has 0 unspecified atom stereocenters. The zero-order chi connectivity index (χ0) is 23.0. The molecule has 0 bridgehead atoms. The topological polar surface area (TPSA) is 112 Å². The number of ether oxygens (including phenoxy) is 1. The summed E-state index contributed by atoms with van der Waals surface area (Å²) in [6.07, 6.45) is 1.44. The molecule has 3 aromatic rings. The maximum Gasteiger partial charge on any atom is 0.264 e. The molecule has 1 aromatic heterocycles. The molecule has 1 saturated heterocycles. The second kappa shape index (κ2) is 8.41. The van der Waals surface area contributed by atoms with Gasteiger partial charge in [-0.2, -0.15) is 4.98 Å². The van der Waals surface area contributed by atoms with Crippen LogP contribution in [-0.4, -0.2) is 63.6 Å². The van der Waals surface area contributed by atoms with Crippen LogP contribution in [0.3, 0.4) is 0 Å². The van der Waals surface area contributed by atoms with Gasteiger partial charge in [-0.1, -0.05) is 12.1 Å². The summed E-state index contributed by atoms with van der Waals surface area (Å²) in [4.78, 5) is 13.6. The first-order valence-electron chi connectivity index (χ1n) is 10.6. The van der Waals surface area contributed by atoms with Crippen molar-refractivity contribution >= 4 is 44.5 Å². The lowest BCUT2D eigenvalue weighted by atomic mass is 10.2. The quantitative estimate of drug-likeness (QED) is 0.533. The average Bonchev–Trinajstić information content (AvgIpc) is 2.92. The summed E-state index contributed by atoms with van der Waals surface area (Å²) in [7, 11) is 0.0194. The number of aromatic nitrogens is 2. The van der Waals surface area contributed by atoms with E-state index in [4.69, 9.17) is 4.74 Å². The number of methoxy groups -OCH3 is 1. The third kappa shape index (κ3) is 4.24. The Morgan fingerprint density at radius 2 is 1.85 bits per heavy atom. The number of fused-ring (bicyclic) bond motifs is 2. The third-order valence-corrected chi connectivity index (χ3v) is 7.19. The predicted octanol–water partition coefficient (Wildman–Crippen LogP) is 2.84. The fourth-order valence-corrected chi connectivity index (χ4v) is 5.12. The third-order valence-electron chi connectivity index (χ3n) is 5.76. The second-order valence-electron chi connectivity index (χ2n) is 7.98. The van der Waals surface area contributed by atoms with Crippen molar-refractivity contribution in [2.45, 2.75) is 4.90 Å². The molecule has 0 spiro atoms. The monoisotopic (exact) mass is 467 g/mol. The van der Waals surface area contributed by atoms with Crippen molar-refractivity contribution in [3.63, 3.8) is 0 Å². The van der Waals surface area contributed by atoms with E-state index in [1.807, 2.05) is 18.2 Å². The van der Waals surface area contributed by atoms with E-state index in [-0.39, 0.29) is 10.6 Å². The predicted molar refractivity (Wildman–Crippen MR) is 129 cm³/mol. The Bertz CT molecular complexity index is 1290. The summed E-state index contributed by atoms with van der Waals surface area (Å²) in [5, 5.41) is 6.28. The Kier molecular flexibility index (Phi) is 5.43. The van der Waals surface area contributed by atoms with Gasteiger partial charge in [0.15, 0.2) is 5.82 Å². The Morgan fingerprint density at radius 3 is 2.64 bits per heavy atom. The fourth-order valence-electron chi connectivity index (χ4n) is 3.91. The van der Waals surface area contributed by atoms with Gasteiger partial charge >= 0.3 is 0 Å². The lowest BCUT2D eigenvalue weighted by Gasteiger charge is -2.34. The average molecular weight is 468 g/mol. The van der Waals surface area contributed by atoms with Gasteiger partial charge in [-0.15, -0.1) is 0 Å². The van der Waals surface area contributed by atoms with Crippen LogP contribution < -0.4 is 25.0 Å². The highest BCUT2D eigenvalue weighted by molar-refractivity contribution is 7.93. The molecule has 11 heteroatoms. The van der Waals surface area contributed by atoms with E-state index in [9.17, 15) is 8.42 Å². The molecule has 172 valence electrons. The summed E-state index contributed by atoms with van der Waals surface area (Å²) in [5.41, 5.74) is 2.53. The van der Waals surface area contributed by atoms with Gasteiger partial charge in [-0.3, -0.25) is 4.72 Å². The number of benzene rings is 2. The Balaban J connectivity index is 1.41. The molecule has 2 aliphatic heterocycles. The zero-order valence-electron chi connectivity index (χ0n) is 18.4. The van der Waals surface area contributed by atoms with Gasteiger partial charge < -0.3 is 25.2 Å². The van der Waals surface area contributed by atoms with Crippen LogP contribution in [0.2, 0.25) is 0 Å². The van der Waals surface area contributed by atoms with Crippen molar-refractivity contribution in [3.8, 4) is 5.75 Å². The van der Waals surface area contributed by atoms with Gasteiger partial charge in [0.25, 0.3) is 10.0 Å². The maximum absolute atomic E-state index is 12.7. The lowest BCUT2D eigenvalue weighted by Crippen LogP contribution is -2.44. The summed E-state index contributed by atoms with van der Waals surface area (Å²) < 4.78 is 33.5. The number of likely N-dealkylation sites (N-methyl/N-ethyl adjacent to an activating group) is 1. The number of nitrogens with zero attached hydrogens (tertiary/aromatic N) is 4. The Labute approximate surface area is 192 Å². The molecule has 2 aromatic carbocycles. The maximum atomic E-state index is 12.7. The number of para-hydroxylation sites is 1. The van der Waals surface area contributed by atoms with Crippen LogP contribution in [0.25, 0.3) is 0 Å². The number of rotatable bonds is 4. The first-order valence-corrected chi connectivity index (χ1v) is 12.1. The Morgan fingerprint density at radius 1 is 1.06 bits per heavy atom. The number of anilines is 6. The Hall–Kier alpha value is -3.57. The largest absolute Gasteiger partial charge is 0.494 e. The minimum absolute atomic E-state index is 0.152. The van der Waals surface area contributed by atoms with Crippen LogP contribution >= 0.6 is 0 Å². The zero-order valence-corrected chi connectivity index (χ0v) is 19.2. The van der Waals surface area contributed by atoms with E-state index in [2.05, 4.69) is 42.2 Å². The number of sulfonamides is 1. The van der Waals surface area contributed by atoms with Crippen molar-refractivity contribution < 1.29 is 13.2 Å². The molecule has 0 amide bonds. The van der Waals surface area contributed by atoms with Crippen molar-refractivity contribution in [2.24, 2.45) is 0 Å². The van der Waals surface area contributed by atoms with Gasteiger partial charge in [0.05, 0.1) is 24.7 Å². The number of nitrogens with one attached hydrogen (secondary N) is 3. The molecule has 0 radical (unpaired) electrons. The van der Waals surface area contributed by atoms with Gasteiger partial charge in [0.1, 0.15) is 16.3 Å². The summed E-state index contributed by atoms with van der Waals surface area (Å²) in [6, 6.07) is 12.6. The van der Waals surface area contributed by atoms with Crippen LogP contribution in [-0.2, 0) is 10.0 Å². The molecule has 0 atom stereocenters. The van der Waals surface area contributed by atoms with E-state index in [0.29, 0.717) is 28.9 Å². The van der Waals surface area contributed by atoms with Crippen molar-refractivity contribution in [2.75, 3.05) is 60.6 Å². The fraction of sp³-hybridized carbons (Fsp3) is 0.273. The minimum atomic E-state index is -3.73. The minimum Gasteiger partial charge on any atom is -0.494 e. The smallest absolute Gasteiger partial charge is 0.264 e. The normalized spacial score (nSPS) is 17.1. The molecule has 3 N–H and O–H groups in total. The molecule has 0 aliphatic carbocycles. The van der Waals surface area contributed by atoms with Gasteiger partial charge in [-0.25, -0.2) is 13.4 Å². The van der Waals surface area contributed by atoms with Gasteiger partial charge in [-0.05, 0) is 31.3 Å². The highest BCUT2D eigenvalue weighted by atomic mass is 32.2. The van der Waals surface area contributed by atoms with Crippen LogP contribution in [0, 0.1) is 0 Å². The molecular formula is C22H25N7O3S. The van der Waals surface area contributed by atoms with Crippen LogP contribution in [0.1, 0.15) is 0 Å². The summed E-state index contributed by atoms with van der Waals surface area (Å²) in [6.45, 7) is 3.96. The molecular weight excluding hydrogens is 442 g/mol. The number of hydrogen-bond acceptors (Lipinski definition) is 9. The van der Waals surface area contributed by atoms with Crippen molar-refractivity contribution in [1.82, 2.24) is 14.9 Å². The van der Waals surface area contributed by atoms with Crippen LogP contribution in [0.15, 0.2) is 53.6 Å². The highest BCUT2D eigenvalue weighted by Gasteiger charge is 2.25. The standard InChI is InChI=1S/C22H25N7O3S/c1-28-9-11-29(12-10-28)15-7-8-16(19(13-15)32-2)25-22-23-14-18-21(26-22)24-17-5-3-4-6-20(17)33(30,31)27-18/h3-8,13-14,27H,9-12H2,1-2H3,(H2,23,24,25,26). The summed E-state index contributed by atoms with van der Waals surface area (Å²) >= 11 is 0. The van der Waals surface area contributed by atoms with E-state index >= 15 is 0 Å². The second-order valence-corrected chi connectivity index (χ2v) is 9.63. The van der Waals surface area contributed by atoms with Crippen LogP contribution in [0.4, 0.5) is 34.5 Å². The molecule has 3 heterocycles. The molecule has 1 fully saturated rings.